The molecule has 1 aromatic carbocycles. The molecule has 0 atom stereocenters. The molecule has 0 radical (unpaired) electrons. The molecule has 0 fully saturated rings. The SMILES string of the molecule is CNS(=O)(=O)c1ncc2ccc(-c3cccc(Cl)c3)n2n1. The van der Waals surface area contributed by atoms with Crippen LogP contribution in [0.4, 0.5) is 0 Å². The number of fused-ring (bicyclic) bond motifs is 1. The molecule has 1 N–H and O–H groups in total. The zero-order valence-corrected chi connectivity index (χ0v) is 12.6. The molecule has 2 heterocycles. The largest absolute Gasteiger partial charge is 0.281 e. The van der Waals surface area contributed by atoms with Gasteiger partial charge in [0.15, 0.2) is 0 Å². The first-order valence-electron chi connectivity index (χ1n) is 6.05. The smallest absolute Gasteiger partial charge is 0.229 e. The van der Waals surface area contributed by atoms with E-state index in [9.17, 15) is 8.42 Å². The summed E-state index contributed by atoms with van der Waals surface area (Å²) in [5.74, 6) is 0. The average Bonchev–Trinajstić information content (AvgIpc) is 2.90. The topological polar surface area (TPSA) is 76.4 Å². The van der Waals surface area contributed by atoms with Gasteiger partial charge in [0.2, 0.25) is 0 Å². The van der Waals surface area contributed by atoms with E-state index in [-0.39, 0.29) is 5.16 Å². The summed E-state index contributed by atoms with van der Waals surface area (Å²) >= 11 is 5.99. The highest BCUT2D eigenvalue weighted by molar-refractivity contribution is 7.89. The summed E-state index contributed by atoms with van der Waals surface area (Å²) in [6.45, 7) is 0. The van der Waals surface area contributed by atoms with Gasteiger partial charge in [-0.3, -0.25) is 0 Å². The highest BCUT2D eigenvalue weighted by Gasteiger charge is 2.17. The fraction of sp³-hybridized carbons (Fsp3) is 0.0769. The Balaban J connectivity index is 2.24. The lowest BCUT2D eigenvalue weighted by Crippen LogP contribution is -2.22. The van der Waals surface area contributed by atoms with Crippen LogP contribution in [0, 0.1) is 0 Å². The molecule has 0 saturated heterocycles. The third kappa shape index (κ3) is 2.51. The van der Waals surface area contributed by atoms with Crippen LogP contribution in [0.3, 0.4) is 0 Å². The van der Waals surface area contributed by atoms with E-state index in [4.69, 9.17) is 11.6 Å². The molecule has 0 amide bonds. The molecule has 0 unspecified atom stereocenters. The van der Waals surface area contributed by atoms with Crippen molar-refractivity contribution in [1.29, 1.82) is 0 Å². The Hall–Kier alpha value is -1.96. The van der Waals surface area contributed by atoms with Gasteiger partial charge in [-0.2, -0.15) is 0 Å². The fourth-order valence-electron chi connectivity index (χ4n) is 1.97. The van der Waals surface area contributed by atoms with Gasteiger partial charge < -0.3 is 0 Å². The van der Waals surface area contributed by atoms with Crippen LogP contribution in [0.5, 0.6) is 0 Å². The van der Waals surface area contributed by atoms with E-state index >= 15 is 0 Å². The Kier molecular flexibility index (Phi) is 3.40. The van der Waals surface area contributed by atoms with Crippen molar-refractivity contribution in [3.63, 3.8) is 0 Å². The molecular weight excluding hydrogens is 312 g/mol. The Labute approximate surface area is 126 Å². The quantitative estimate of drug-likeness (QED) is 0.799. The predicted octanol–water partition coefficient (Wildman–Crippen LogP) is 1.96. The maximum Gasteiger partial charge on any atom is 0.281 e. The van der Waals surface area contributed by atoms with Gasteiger partial charge in [0.1, 0.15) is 0 Å². The Morgan fingerprint density at radius 2 is 2.05 bits per heavy atom. The molecule has 3 rings (SSSR count). The summed E-state index contributed by atoms with van der Waals surface area (Å²) < 4.78 is 27.3. The van der Waals surface area contributed by atoms with E-state index in [1.54, 1.807) is 12.1 Å². The van der Waals surface area contributed by atoms with Crippen molar-refractivity contribution in [2.45, 2.75) is 5.16 Å². The van der Waals surface area contributed by atoms with E-state index in [1.807, 2.05) is 24.3 Å². The zero-order valence-electron chi connectivity index (χ0n) is 11.0. The molecule has 0 aliphatic carbocycles. The minimum atomic E-state index is -3.69. The maximum absolute atomic E-state index is 11.8. The van der Waals surface area contributed by atoms with Crippen LogP contribution < -0.4 is 4.72 Å². The van der Waals surface area contributed by atoms with Crippen molar-refractivity contribution in [2.24, 2.45) is 0 Å². The number of halogens is 1. The molecule has 108 valence electrons. The van der Waals surface area contributed by atoms with Gasteiger partial charge >= 0.3 is 0 Å². The van der Waals surface area contributed by atoms with Crippen molar-refractivity contribution in [3.05, 3.63) is 47.6 Å². The molecule has 0 aliphatic rings. The summed E-state index contributed by atoms with van der Waals surface area (Å²) in [6, 6.07) is 10.9. The lowest BCUT2D eigenvalue weighted by Gasteiger charge is -2.05. The normalized spacial score (nSPS) is 11.9. The van der Waals surface area contributed by atoms with Gasteiger partial charge in [0.25, 0.3) is 15.2 Å². The van der Waals surface area contributed by atoms with E-state index < -0.39 is 10.0 Å². The molecular formula is C13H11ClN4O2S. The standard InChI is InChI=1S/C13H11ClN4O2S/c1-15-21(19,20)13-16-8-11-5-6-12(18(11)17-13)9-3-2-4-10(14)7-9/h2-8,15H,1H3. The number of nitrogens with one attached hydrogen (secondary N) is 1. The summed E-state index contributed by atoms with van der Waals surface area (Å²) in [5, 5.41) is 4.41. The second kappa shape index (κ2) is 5.10. The Morgan fingerprint density at radius 3 is 2.76 bits per heavy atom. The van der Waals surface area contributed by atoms with Gasteiger partial charge in [-0.1, -0.05) is 23.7 Å². The van der Waals surface area contributed by atoms with Crippen LogP contribution in [0.1, 0.15) is 0 Å². The van der Waals surface area contributed by atoms with E-state index in [2.05, 4.69) is 14.8 Å². The highest BCUT2D eigenvalue weighted by Crippen LogP contribution is 2.24. The van der Waals surface area contributed by atoms with E-state index in [0.29, 0.717) is 10.5 Å². The van der Waals surface area contributed by atoms with Crippen LogP contribution in [-0.2, 0) is 10.0 Å². The van der Waals surface area contributed by atoms with Crippen molar-refractivity contribution in [1.82, 2.24) is 19.3 Å². The molecule has 0 saturated carbocycles. The number of hydrogen-bond acceptors (Lipinski definition) is 4. The molecule has 0 aliphatic heterocycles. The maximum atomic E-state index is 11.8. The number of hydrogen-bond donors (Lipinski definition) is 1. The third-order valence-corrected chi connectivity index (χ3v) is 4.45. The molecule has 8 heteroatoms. The minimum absolute atomic E-state index is 0.281. The first-order valence-corrected chi connectivity index (χ1v) is 7.92. The van der Waals surface area contributed by atoms with Crippen molar-refractivity contribution in [2.75, 3.05) is 7.05 Å². The average molecular weight is 323 g/mol. The number of nitrogens with zero attached hydrogens (tertiary/aromatic N) is 3. The zero-order chi connectivity index (χ0) is 15.0. The van der Waals surface area contributed by atoms with Crippen LogP contribution in [0.2, 0.25) is 5.02 Å². The van der Waals surface area contributed by atoms with Crippen LogP contribution in [0.25, 0.3) is 16.8 Å². The van der Waals surface area contributed by atoms with Gasteiger partial charge in [0.05, 0.1) is 17.4 Å². The van der Waals surface area contributed by atoms with Crippen molar-refractivity contribution >= 4 is 27.1 Å². The summed E-state index contributed by atoms with van der Waals surface area (Å²) in [7, 11) is -2.38. The number of sulfonamides is 1. The minimum Gasteiger partial charge on any atom is -0.229 e. The molecule has 0 spiro atoms. The first kappa shape index (κ1) is 14.0. The van der Waals surface area contributed by atoms with Gasteiger partial charge in [-0.25, -0.2) is 22.6 Å². The summed E-state index contributed by atoms with van der Waals surface area (Å²) in [6.07, 6.45) is 1.46. The molecule has 21 heavy (non-hydrogen) atoms. The Bertz CT molecular complexity index is 921. The Morgan fingerprint density at radius 1 is 1.24 bits per heavy atom. The molecule has 0 bridgehead atoms. The number of aromatic nitrogens is 3. The fourth-order valence-corrected chi connectivity index (χ4v) is 2.72. The lowest BCUT2D eigenvalue weighted by molar-refractivity contribution is 0.573. The first-order chi connectivity index (χ1) is 10.0. The number of rotatable bonds is 3. The number of benzene rings is 1. The predicted molar refractivity (Wildman–Crippen MR) is 79.7 cm³/mol. The van der Waals surface area contributed by atoms with Gasteiger partial charge in [-0.05, 0) is 31.3 Å². The van der Waals surface area contributed by atoms with E-state index in [1.165, 1.54) is 17.8 Å². The van der Waals surface area contributed by atoms with Crippen LogP contribution >= 0.6 is 11.6 Å². The summed E-state index contributed by atoms with van der Waals surface area (Å²) in [4.78, 5) is 3.87. The highest BCUT2D eigenvalue weighted by atomic mass is 35.5. The van der Waals surface area contributed by atoms with Crippen LogP contribution in [-0.4, -0.2) is 30.1 Å². The molecule has 3 aromatic rings. The second-order valence-corrected chi connectivity index (χ2v) is 6.53. The van der Waals surface area contributed by atoms with Gasteiger partial charge in [0, 0.05) is 10.6 Å². The van der Waals surface area contributed by atoms with Crippen molar-refractivity contribution < 1.29 is 8.42 Å². The monoisotopic (exact) mass is 322 g/mol. The van der Waals surface area contributed by atoms with Gasteiger partial charge in [-0.15, -0.1) is 5.10 Å². The van der Waals surface area contributed by atoms with E-state index in [0.717, 1.165) is 11.3 Å². The summed E-state index contributed by atoms with van der Waals surface area (Å²) in [5.41, 5.74) is 2.27. The lowest BCUT2D eigenvalue weighted by atomic mass is 10.2. The van der Waals surface area contributed by atoms with Crippen molar-refractivity contribution in [3.8, 4) is 11.3 Å². The molecule has 6 nitrogen and oxygen atoms in total. The second-order valence-electron chi connectivity index (χ2n) is 4.31. The van der Waals surface area contributed by atoms with Crippen LogP contribution in [0.15, 0.2) is 47.8 Å². The molecule has 2 aromatic heterocycles. The third-order valence-electron chi connectivity index (χ3n) is 3.01.